The summed E-state index contributed by atoms with van der Waals surface area (Å²) in [4.78, 5) is 0. The summed E-state index contributed by atoms with van der Waals surface area (Å²) in [7, 11) is -3.39. The van der Waals surface area contributed by atoms with Gasteiger partial charge >= 0.3 is 0 Å². The highest BCUT2D eigenvalue weighted by Crippen LogP contribution is 2.12. The molecule has 0 radical (unpaired) electrons. The Bertz CT molecular complexity index is 388. The minimum absolute atomic E-state index is 0.0877. The molecule has 0 unspecified atom stereocenters. The van der Waals surface area contributed by atoms with Crippen molar-refractivity contribution in [3.63, 3.8) is 0 Å². The summed E-state index contributed by atoms with van der Waals surface area (Å²) in [6.45, 7) is 0.292. The maximum Gasteiger partial charge on any atom is 0.210 e. The van der Waals surface area contributed by atoms with Crippen LogP contribution in [0, 0.1) is 0 Å². The monoisotopic (exact) mass is 234 g/mol. The van der Waals surface area contributed by atoms with E-state index < -0.39 is 10.0 Å². The summed E-state index contributed by atoms with van der Waals surface area (Å²) in [6.07, 6.45) is 0. The lowest BCUT2D eigenvalue weighted by atomic mass is 10.3. The topological polar surface area (TPSA) is 72.2 Å². The number of rotatable bonds is 4. The average Bonchev–Trinajstić information content (AvgIpc) is 2.06. The number of hydrogen-bond donors (Lipinski definition) is 2. The molecule has 6 heteroatoms. The van der Waals surface area contributed by atoms with Crippen molar-refractivity contribution in [2.75, 3.05) is 17.6 Å². The molecule has 4 nitrogen and oxygen atoms in total. The average molecular weight is 235 g/mol. The summed E-state index contributed by atoms with van der Waals surface area (Å²) in [5.74, 6) is -0.0877. The lowest BCUT2D eigenvalue weighted by Gasteiger charge is -2.04. The number of halogens is 1. The van der Waals surface area contributed by atoms with Crippen LogP contribution >= 0.6 is 11.6 Å². The Hall–Kier alpha value is -0.780. The Kier molecular flexibility index (Phi) is 3.74. The van der Waals surface area contributed by atoms with Crippen molar-refractivity contribution in [2.45, 2.75) is 0 Å². The van der Waals surface area contributed by atoms with Gasteiger partial charge in [0.1, 0.15) is 0 Å². The highest BCUT2D eigenvalue weighted by Gasteiger charge is 2.01. The second kappa shape index (κ2) is 4.63. The molecule has 0 heterocycles. The summed E-state index contributed by atoms with van der Waals surface area (Å²) in [6, 6.07) is 6.98. The summed E-state index contributed by atoms with van der Waals surface area (Å²) in [5.41, 5.74) is 0.818. The fourth-order valence-electron chi connectivity index (χ4n) is 0.905. The number of nitrogens with one attached hydrogen (secondary N) is 1. The van der Waals surface area contributed by atoms with Gasteiger partial charge in [0.05, 0.1) is 5.75 Å². The van der Waals surface area contributed by atoms with E-state index in [1.165, 1.54) is 0 Å². The molecule has 0 saturated heterocycles. The molecule has 0 aliphatic heterocycles. The van der Waals surface area contributed by atoms with E-state index in [1.54, 1.807) is 24.3 Å². The standard InChI is InChI=1S/C8H11ClN2O2S/c9-7-1-3-8(4-2-7)11-5-6-14(10,12)13/h1-4,11H,5-6H2,(H2,10,12,13). The fourth-order valence-corrected chi connectivity index (χ4v) is 1.42. The number of anilines is 1. The van der Waals surface area contributed by atoms with Gasteiger partial charge in [-0.1, -0.05) is 11.6 Å². The van der Waals surface area contributed by atoms with E-state index >= 15 is 0 Å². The van der Waals surface area contributed by atoms with Crippen LogP contribution in [-0.4, -0.2) is 20.7 Å². The van der Waals surface area contributed by atoms with Gasteiger partial charge in [-0.05, 0) is 24.3 Å². The van der Waals surface area contributed by atoms with E-state index in [0.29, 0.717) is 11.6 Å². The highest BCUT2D eigenvalue weighted by molar-refractivity contribution is 7.89. The van der Waals surface area contributed by atoms with Gasteiger partial charge in [0, 0.05) is 17.3 Å². The van der Waals surface area contributed by atoms with Crippen molar-refractivity contribution < 1.29 is 8.42 Å². The second-order valence-electron chi connectivity index (χ2n) is 2.80. The van der Waals surface area contributed by atoms with E-state index in [2.05, 4.69) is 5.32 Å². The predicted molar refractivity (Wildman–Crippen MR) is 57.9 cm³/mol. The van der Waals surface area contributed by atoms with Crippen LogP contribution in [0.25, 0.3) is 0 Å². The number of sulfonamides is 1. The van der Waals surface area contributed by atoms with Gasteiger partial charge in [0.15, 0.2) is 0 Å². The zero-order chi connectivity index (χ0) is 10.6. The van der Waals surface area contributed by atoms with Gasteiger partial charge < -0.3 is 5.32 Å². The van der Waals surface area contributed by atoms with Crippen molar-refractivity contribution in [3.8, 4) is 0 Å². The van der Waals surface area contributed by atoms with E-state index in [4.69, 9.17) is 16.7 Å². The third-order valence-corrected chi connectivity index (χ3v) is 2.59. The third-order valence-electron chi connectivity index (χ3n) is 1.56. The largest absolute Gasteiger partial charge is 0.384 e. The van der Waals surface area contributed by atoms with Gasteiger partial charge in [-0.3, -0.25) is 0 Å². The summed E-state index contributed by atoms with van der Waals surface area (Å²) >= 11 is 5.67. The molecule has 0 aliphatic rings. The second-order valence-corrected chi connectivity index (χ2v) is 4.97. The van der Waals surface area contributed by atoms with E-state index in [-0.39, 0.29) is 5.75 Å². The first-order chi connectivity index (χ1) is 6.47. The molecule has 0 saturated carbocycles. The Morgan fingerprint density at radius 2 is 1.86 bits per heavy atom. The van der Waals surface area contributed by atoms with Crippen molar-refractivity contribution in [3.05, 3.63) is 29.3 Å². The molecule has 0 bridgehead atoms. The predicted octanol–water partition coefficient (Wildman–Crippen LogP) is 1.04. The van der Waals surface area contributed by atoms with Gasteiger partial charge in [-0.25, -0.2) is 13.6 Å². The molecular weight excluding hydrogens is 224 g/mol. The quantitative estimate of drug-likeness (QED) is 0.818. The molecule has 0 fully saturated rings. The minimum atomic E-state index is -3.39. The van der Waals surface area contributed by atoms with Crippen LogP contribution in [0.5, 0.6) is 0 Å². The van der Waals surface area contributed by atoms with Crippen molar-refractivity contribution in [1.29, 1.82) is 0 Å². The maximum atomic E-state index is 10.6. The Morgan fingerprint density at radius 1 is 1.29 bits per heavy atom. The van der Waals surface area contributed by atoms with E-state index in [0.717, 1.165) is 5.69 Å². The Labute approximate surface area is 88.1 Å². The molecule has 78 valence electrons. The highest BCUT2D eigenvalue weighted by atomic mass is 35.5. The van der Waals surface area contributed by atoms with Gasteiger partial charge in [0.2, 0.25) is 10.0 Å². The van der Waals surface area contributed by atoms with Crippen LogP contribution in [0.1, 0.15) is 0 Å². The van der Waals surface area contributed by atoms with Crippen molar-refractivity contribution >= 4 is 27.3 Å². The molecular formula is C8H11ClN2O2S. The molecule has 0 amide bonds. The number of benzene rings is 1. The summed E-state index contributed by atoms with van der Waals surface area (Å²) in [5, 5.41) is 8.39. The number of hydrogen-bond acceptors (Lipinski definition) is 3. The molecule has 1 aromatic rings. The lowest BCUT2D eigenvalue weighted by molar-refractivity contribution is 0.598. The van der Waals surface area contributed by atoms with Crippen LogP contribution in [-0.2, 0) is 10.0 Å². The third kappa shape index (κ3) is 4.45. The first-order valence-electron chi connectivity index (χ1n) is 3.97. The van der Waals surface area contributed by atoms with Gasteiger partial charge in [0.25, 0.3) is 0 Å². The normalized spacial score (nSPS) is 11.3. The number of primary sulfonamides is 1. The molecule has 0 aromatic heterocycles. The maximum absolute atomic E-state index is 10.6. The van der Waals surface area contributed by atoms with Crippen LogP contribution in [0.2, 0.25) is 5.02 Å². The molecule has 0 atom stereocenters. The van der Waals surface area contributed by atoms with E-state index in [1.807, 2.05) is 0 Å². The smallest absolute Gasteiger partial charge is 0.210 e. The molecule has 14 heavy (non-hydrogen) atoms. The SMILES string of the molecule is NS(=O)(=O)CCNc1ccc(Cl)cc1. The molecule has 1 aromatic carbocycles. The molecule has 0 aliphatic carbocycles. The van der Waals surface area contributed by atoms with Gasteiger partial charge in [-0.2, -0.15) is 0 Å². The van der Waals surface area contributed by atoms with Crippen LogP contribution < -0.4 is 10.5 Å². The first kappa shape index (κ1) is 11.3. The van der Waals surface area contributed by atoms with E-state index in [9.17, 15) is 8.42 Å². The molecule has 3 N–H and O–H groups in total. The minimum Gasteiger partial charge on any atom is -0.384 e. The Morgan fingerprint density at radius 3 is 2.36 bits per heavy atom. The first-order valence-corrected chi connectivity index (χ1v) is 6.06. The summed E-state index contributed by atoms with van der Waals surface area (Å²) < 4.78 is 21.2. The zero-order valence-corrected chi connectivity index (χ0v) is 8.98. The fraction of sp³-hybridized carbons (Fsp3) is 0.250. The van der Waals surface area contributed by atoms with Crippen LogP contribution in [0.15, 0.2) is 24.3 Å². The number of nitrogens with two attached hydrogens (primary N) is 1. The molecule has 1 rings (SSSR count). The van der Waals surface area contributed by atoms with Crippen LogP contribution in [0.3, 0.4) is 0 Å². The van der Waals surface area contributed by atoms with Crippen molar-refractivity contribution in [2.24, 2.45) is 5.14 Å². The van der Waals surface area contributed by atoms with Crippen molar-refractivity contribution in [1.82, 2.24) is 0 Å². The lowest BCUT2D eigenvalue weighted by Crippen LogP contribution is -2.22. The van der Waals surface area contributed by atoms with Gasteiger partial charge in [-0.15, -0.1) is 0 Å². The van der Waals surface area contributed by atoms with Crippen LogP contribution in [0.4, 0.5) is 5.69 Å². The Balaban J connectivity index is 2.43. The molecule has 0 spiro atoms. The zero-order valence-electron chi connectivity index (χ0n) is 7.40.